The van der Waals surface area contributed by atoms with Crippen LogP contribution in [-0.4, -0.2) is 41.6 Å². The molecule has 0 aliphatic rings. The first-order valence-corrected chi connectivity index (χ1v) is 8.88. The van der Waals surface area contributed by atoms with E-state index in [0.717, 1.165) is 15.2 Å². The molecule has 0 aliphatic carbocycles. The monoisotopic (exact) mass is 397 g/mol. The minimum absolute atomic E-state index is 0.0412. The van der Waals surface area contributed by atoms with E-state index >= 15 is 0 Å². The molecule has 2 N–H and O–H groups in total. The molecule has 122 valence electrons. The van der Waals surface area contributed by atoms with Crippen LogP contribution in [0.3, 0.4) is 0 Å². The third kappa shape index (κ3) is 6.11. The maximum atomic E-state index is 11.7. The molecular formula is C16H16BrNO4S. The molecule has 2 rings (SSSR count). The summed E-state index contributed by atoms with van der Waals surface area (Å²) < 4.78 is 6.49. The van der Waals surface area contributed by atoms with Crippen molar-refractivity contribution in [3.05, 3.63) is 40.9 Å². The fourth-order valence-electron chi connectivity index (χ4n) is 1.91. The predicted octanol–water partition coefficient (Wildman–Crippen LogP) is 2.92. The topological polar surface area (TPSA) is 75.6 Å². The van der Waals surface area contributed by atoms with Crippen molar-refractivity contribution in [2.75, 3.05) is 24.7 Å². The van der Waals surface area contributed by atoms with E-state index in [9.17, 15) is 9.59 Å². The largest absolute Gasteiger partial charge is 0.484 e. The molecule has 0 bridgehead atoms. The molecule has 1 amide bonds. The third-order valence-corrected chi connectivity index (χ3v) is 4.37. The number of hydrogen-bond donors (Lipinski definition) is 2. The smallest absolute Gasteiger partial charge is 0.313 e. The van der Waals surface area contributed by atoms with Crippen molar-refractivity contribution in [1.29, 1.82) is 0 Å². The minimum Gasteiger partial charge on any atom is -0.484 e. The highest BCUT2D eigenvalue weighted by atomic mass is 79.9. The van der Waals surface area contributed by atoms with Gasteiger partial charge in [0.2, 0.25) is 0 Å². The van der Waals surface area contributed by atoms with Crippen LogP contribution >= 0.6 is 27.7 Å². The standard InChI is InChI=1S/C16H16BrNO4S/c17-13-3-1-12-8-14(4-2-11(12)7-13)22-9-15(19)18-5-6-23-10-16(20)21/h1-4,7-8H,5-6,9-10H2,(H,18,19)(H,20,21). The summed E-state index contributed by atoms with van der Waals surface area (Å²) in [6.07, 6.45) is 0. The first-order valence-electron chi connectivity index (χ1n) is 6.93. The second kappa shape index (κ2) is 8.79. The Hall–Kier alpha value is -1.73. The van der Waals surface area contributed by atoms with Crippen LogP contribution in [0.25, 0.3) is 10.8 Å². The van der Waals surface area contributed by atoms with Gasteiger partial charge in [-0.25, -0.2) is 0 Å². The lowest BCUT2D eigenvalue weighted by Gasteiger charge is -2.08. The molecule has 0 radical (unpaired) electrons. The van der Waals surface area contributed by atoms with Crippen LogP contribution in [0.4, 0.5) is 0 Å². The quantitative estimate of drug-likeness (QED) is 0.669. The summed E-state index contributed by atoms with van der Waals surface area (Å²) in [4.78, 5) is 22.0. The third-order valence-electron chi connectivity index (χ3n) is 2.94. The molecule has 0 saturated carbocycles. The Morgan fingerprint density at radius 3 is 2.70 bits per heavy atom. The summed E-state index contributed by atoms with van der Waals surface area (Å²) in [6.45, 7) is 0.359. The SMILES string of the molecule is O=C(O)CSCCNC(=O)COc1ccc2cc(Br)ccc2c1. The second-order valence-corrected chi connectivity index (χ2v) is 6.76. The number of amides is 1. The number of carboxylic acid groups (broad SMARTS) is 1. The molecule has 0 aliphatic heterocycles. The summed E-state index contributed by atoms with van der Waals surface area (Å²) in [5, 5.41) is 13.3. The lowest BCUT2D eigenvalue weighted by Crippen LogP contribution is -2.30. The number of nitrogens with one attached hydrogen (secondary N) is 1. The average molecular weight is 398 g/mol. The number of aliphatic carboxylic acids is 1. The van der Waals surface area contributed by atoms with Crippen LogP contribution in [0.2, 0.25) is 0 Å². The van der Waals surface area contributed by atoms with Crippen molar-refractivity contribution < 1.29 is 19.4 Å². The van der Waals surface area contributed by atoms with Crippen LogP contribution < -0.4 is 10.1 Å². The normalized spacial score (nSPS) is 10.5. The van der Waals surface area contributed by atoms with Crippen molar-refractivity contribution in [3.63, 3.8) is 0 Å². The first-order chi connectivity index (χ1) is 11.0. The Balaban J connectivity index is 1.76. The highest BCUT2D eigenvalue weighted by Crippen LogP contribution is 2.24. The van der Waals surface area contributed by atoms with Crippen LogP contribution in [0.5, 0.6) is 5.75 Å². The maximum Gasteiger partial charge on any atom is 0.313 e. The van der Waals surface area contributed by atoms with E-state index in [-0.39, 0.29) is 18.3 Å². The van der Waals surface area contributed by atoms with E-state index in [1.54, 1.807) is 0 Å². The van der Waals surface area contributed by atoms with Gasteiger partial charge in [-0.3, -0.25) is 9.59 Å². The van der Waals surface area contributed by atoms with Gasteiger partial charge in [-0.2, -0.15) is 0 Å². The zero-order valence-corrected chi connectivity index (χ0v) is 14.7. The van der Waals surface area contributed by atoms with Gasteiger partial charge in [0, 0.05) is 16.8 Å². The highest BCUT2D eigenvalue weighted by Gasteiger charge is 2.04. The summed E-state index contributed by atoms with van der Waals surface area (Å²) in [5.41, 5.74) is 0. The molecule has 0 saturated heterocycles. The Morgan fingerprint density at radius 1 is 1.17 bits per heavy atom. The van der Waals surface area contributed by atoms with Crippen LogP contribution in [-0.2, 0) is 9.59 Å². The lowest BCUT2D eigenvalue weighted by atomic mass is 10.1. The Labute approximate surface area is 146 Å². The number of rotatable bonds is 8. The van der Waals surface area contributed by atoms with E-state index in [1.807, 2.05) is 36.4 Å². The summed E-state index contributed by atoms with van der Waals surface area (Å²) in [6, 6.07) is 11.6. The number of benzene rings is 2. The lowest BCUT2D eigenvalue weighted by molar-refractivity contribution is -0.133. The molecule has 2 aromatic carbocycles. The molecule has 0 spiro atoms. The van der Waals surface area contributed by atoms with Gasteiger partial charge in [-0.1, -0.05) is 28.1 Å². The van der Waals surface area contributed by atoms with E-state index in [2.05, 4.69) is 21.2 Å². The molecule has 0 aromatic heterocycles. The van der Waals surface area contributed by atoms with E-state index in [1.165, 1.54) is 11.8 Å². The number of thioether (sulfide) groups is 1. The van der Waals surface area contributed by atoms with Crippen molar-refractivity contribution in [2.45, 2.75) is 0 Å². The fraction of sp³-hybridized carbons (Fsp3) is 0.250. The number of carboxylic acids is 1. The van der Waals surface area contributed by atoms with Gasteiger partial charge in [0.25, 0.3) is 5.91 Å². The van der Waals surface area contributed by atoms with Crippen molar-refractivity contribution >= 4 is 50.3 Å². The van der Waals surface area contributed by atoms with Gasteiger partial charge >= 0.3 is 5.97 Å². The average Bonchev–Trinajstić information content (AvgIpc) is 2.52. The summed E-state index contributed by atoms with van der Waals surface area (Å²) in [5.74, 6) is 0.155. The van der Waals surface area contributed by atoms with Crippen molar-refractivity contribution in [1.82, 2.24) is 5.32 Å². The molecule has 0 fully saturated rings. The van der Waals surface area contributed by atoms with Crippen LogP contribution in [0.15, 0.2) is 40.9 Å². The Morgan fingerprint density at radius 2 is 1.91 bits per heavy atom. The van der Waals surface area contributed by atoms with Gasteiger partial charge in [-0.05, 0) is 35.0 Å². The Kier molecular flexibility index (Phi) is 6.73. The number of halogens is 1. The molecule has 7 heteroatoms. The summed E-state index contributed by atoms with van der Waals surface area (Å²) >= 11 is 4.69. The number of hydrogen-bond acceptors (Lipinski definition) is 4. The predicted molar refractivity (Wildman–Crippen MR) is 95.1 cm³/mol. The molecule has 0 atom stereocenters. The zero-order chi connectivity index (χ0) is 16.7. The second-order valence-electron chi connectivity index (χ2n) is 4.74. The van der Waals surface area contributed by atoms with E-state index in [0.29, 0.717) is 18.0 Å². The van der Waals surface area contributed by atoms with Gasteiger partial charge in [0.05, 0.1) is 5.75 Å². The fourth-order valence-corrected chi connectivity index (χ4v) is 2.85. The molecule has 5 nitrogen and oxygen atoms in total. The van der Waals surface area contributed by atoms with Gasteiger partial charge in [0.1, 0.15) is 5.75 Å². The molecule has 2 aromatic rings. The Bertz CT molecular complexity index is 708. The minimum atomic E-state index is -0.854. The van der Waals surface area contributed by atoms with Crippen LogP contribution in [0, 0.1) is 0 Å². The number of carbonyl (C=O) groups is 2. The number of fused-ring (bicyclic) bond motifs is 1. The highest BCUT2D eigenvalue weighted by molar-refractivity contribution is 9.10. The zero-order valence-electron chi connectivity index (χ0n) is 12.3. The summed E-state index contributed by atoms with van der Waals surface area (Å²) in [7, 11) is 0. The molecule has 23 heavy (non-hydrogen) atoms. The van der Waals surface area contributed by atoms with Crippen molar-refractivity contribution in [3.8, 4) is 5.75 Å². The van der Waals surface area contributed by atoms with Gasteiger partial charge in [-0.15, -0.1) is 11.8 Å². The van der Waals surface area contributed by atoms with E-state index in [4.69, 9.17) is 9.84 Å². The first kappa shape index (κ1) is 17.6. The molecular weight excluding hydrogens is 382 g/mol. The molecule has 0 unspecified atom stereocenters. The van der Waals surface area contributed by atoms with E-state index < -0.39 is 5.97 Å². The number of carbonyl (C=O) groups excluding carboxylic acids is 1. The van der Waals surface area contributed by atoms with Gasteiger partial charge in [0.15, 0.2) is 6.61 Å². The number of ether oxygens (including phenoxy) is 1. The maximum absolute atomic E-state index is 11.7. The molecule has 0 heterocycles. The van der Waals surface area contributed by atoms with Crippen molar-refractivity contribution in [2.24, 2.45) is 0 Å². The van der Waals surface area contributed by atoms with Crippen LogP contribution in [0.1, 0.15) is 0 Å². The van der Waals surface area contributed by atoms with Gasteiger partial charge < -0.3 is 15.2 Å².